The third-order valence-corrected chi connectivity index (χ3v) is 3.65. The number of hydrogen-bond donors (Lipinski definition) is 1. The van der Waals surface area contributed by atoms with Crippen molar-refractivity contribution in [3.05, 3.63) is 54.5 Å². The zero-order valence-corrected chi connectivity index (χ0v) is 10.3. The maximum absolute atomic E-state index is 5.67. The van der Waals surface area contributed by atoms with Gasteiger partial charge in [0.25, 0.3) is 0 Å². The predicted octanol–water partition coefficient (Wildman–Crippen LogP) is 2.66. The zero-order valence-electron chi connectivity index (χ0n) is 9.49. The zero-order chi connectivity index (χ0) is 11.9. The summed E-state index contributed by atoms with van der Waals surface area (Å²) < 4.78 is 0. The van der Waals surface area contributed by atoms with E-state index in [4.69, 9.17) is 5.73 Å². The van der Waals surface area contributed by atoms with Crippen molar-refractivity contribution in [1.82, 2.24) is 9.97 Å². The monoisotopic (exact) mass is 245 g/mol. The van der Waals surface area contributed by atoms with Crippen LogP contribution in [0.3, 0.4) is 0 Å². The fraction of sp³-hybridized carbons (Fsp3) is 0.231. The normalized spacial score (nSPS) is 12.3. The van der Waals surface area contributed by atoms with Gasteiger partial charge in [-0.1, -0.05) is 42.1 Å². The van der Waals surface area contributed by atoms with Crippen LogP contribution >= 0.6 is 11.8 Å². The lowest BCUT2D eigenvalue weighted by molar-refractivity contribution is 0.811. The summed E-state index contributed by atoms with van der Waals surface area (Å²) in [5.41, 5.74) is 6.96. The third-order valence-electron chi connectivity index (χ3n) is 2.40. The fourth-order valence-corrected chi connectivity index (χ4v) is 2.69. The van der Waals surface area contributed by atoms with Crippen molar-refractivity contribution in [3.63, 3.8) is 0 Å². The number of aromatic nitrogens is 2. The van der Waals surface area contributed by atoms with Crippen molar-refractivity contribution < 1.29 is 0 Å². The van der Waals surface area contributed by atoms with Crippen LogP contribution in [0, 0.1) is 0 Å². The summed E-state index contributed by atoms with van der Waals surface area (Å²) in [5.74, 6) is 0. The average molecular weight is 245 g/mol. The molecule has 0 aliphatic rings. The Morgan fingerprint density at radius 2 is 2.00 bits per heavy atom. The Kier molecular flexibility index (Phi) is 4.53. The molecule has 0 saturated carbocycles. The summed E-state index contributed by atoms with van der Waals surface area (Å²) in [6.45, 7) is 0.673. The molecule has 0 radical (unpaired) electrons. The number of nitrogens with two attached hydrogens (primary N) is 1. The highest BCUT2D eigenvalue weighted by Crippen LogP contribution is 2.35. The van der Waals surface area contributed by atoms with Crippen LogP contribution in [0.2, 0.25) is 0 Å². The van der Waals surface area contributed by atoms with Gasteiger partial charge in [-0.2, -0.15) is 0 Å². The van der Waals surface area contributed by atoms with E-state index in [-0.39, 0.29) is 0 Å². The quantitative estimate of drug-likeness (QED) is 0.823. The SMILES string of the molecule is NCCC(Sc1cnccn1)c1ccccc1. The van der Waals surface area contributed by atoms with Crippen molar-refractivity contribution in [2.24, 2.45) is 5.73 Å². The minimum Gasteiger partial charge on any atom is -0.330 e. The Morgan fingerprint density at radius 1 is 1.18 bits per heavy atom. The van der Waals surface area contributed by atoms with Gasteiger partial charge in [0.15, 0.2) is 0 Å². The van der Waals surface area contributed by atoms with Gasteiger partial charge in [0, 0.05) is 17.6 Å². The van der Waals surface area contributed by atoms with Gasteiger partial charge >= 0.3 is 0 Å². The van der Waals surface area contributed by atoms with Crippen LogP contribution in [-0.4, -0.2) is 16.5 Å². The molecular weight excluding hydrogens is 230 g/mol. The molecule has 0 amide bonds. The minimum absolute atomic E-state index is 0.345. The molecule has 0 spiro atoms. The molecule has 1 aromatic carbocycles. The van der Waals surface area contributed by atoms with Crippen molar-refractivity contribution in [1.29, 1.82) is 0 Å². The molecule has 0 saturated heterocycles. The van der Waals surface area contributed by atoms with Gasteiger partial charge in [0.1, 0.15) is 5.03 Å². The molecule has 88 valence electrons. The Balaban J connectivity index is 2.13. The molecule has 0 aliphatic heterocycles. The predicted molar refractivity (Wildman–Crippen MR) is 70.7 cm³/mol. The number of benzene rings is 1. The van der Waals surface area contributed by atoms with Crippen LogP contribution in [0.4, 0.5) is 0 Å². The van der Waals surface area contributed by atoms with Gasteiger partial charge in [0.2, 0.25) is 0 Å². The summed E-state index contributed by atoms with van der Waals surface area (Å²) in [4.78, 5) is 8.36. The molecule has 3 nitrogen and oxygen atoms in total. The standard InChI is InChI=1S/C13H15N3S/c14-7-6-12(11-4-2-1-3-5-11)17-13-10-15-8-9-16-13/h1-5,8-10,12H,6-7,14H2. The van der Waals surface area contributed by atoms with E-state index >= 15 is 0 Å². The number of hydrogen-bond acceptors (Lipinski definition) is 4. The fourth-order valence-electron chi connectivity index (χ4n) is 1.60. The molecule has 17 heavy (non-hydrogen) atoms. The minimum atomic E-state index is 0.345. The summed E-state index contributed by atoms with van der Waals surface area (Å²) >= 11 is 1.71. The van der Waals surface area contributed by atoms with E-state index in [0.29, 0.717) is 11.8 Å². The molecule has 0 aliphatic carbocycles. The number of thioether (sulfide) groups is 1. The summed E-state index contributed by atoms with van der Waals surface area (Å²) in [5, 5.41) is 1.28. The van der Waals surface area contributed by atoms with E-state index in [1.165, 1.54) is 5.56 Å². The van der Waals surface area contributed by atoms with Crippen molar-refractivity contribution >= 4 is 11.8 Å². The van der Waals surface area contributed by atoms with Gasteiger partial charge in [-0.25, -0.2) is 4.98 Å². The Bertz CT molecular complexity index is 433. The van der Waals surface area contributed by atoms with E-state index in [1.54, 1.807) is 30.4 Å². The first-order valence-electron chi connectivity index (χ1n) is 5.58. The molecule has 1 unspecified atom stereocenters. The molecule has 0 fully saturated rings. The first-order valence-corrected chi connectivity index (χ1v) is 6.46. The topological polar surface area (TPSA) is 51.8 Å². The van der Waals surface area contributed by atoms with Crippen LogP contribution in [-0.2, 0) is 0 Å². The second-order valence-corrected chi connectivity index (χ2v) is 4.86. The highest BCUT2D eigenvalue weighted by atomic mass is 32.2. The number of rotatable bonds is 5. The highest BCUT2D eigenvalue weighted by Gasteiger charge is 2.12. The summed E-state index contributed by atoms with van der Waals surface area (Å²) in [6.07, 6.45) is 6.12. The third kappa shape index (κ3) is 3.54. The van der Waals surface area contributed by atoms with Crippen molar-refractivity contribution in [3.8, 4) is 0 Å². The molecule has 4 heteroatoms. The first kappa shape index (κ1) is 12.1. The Labute approximate surface area is 105 Å². The van der Waals surface area contributed by atoms with Gasteiger partial charge in [0.05, 0.1) is 6.20 Å². The van der Waals surface area contributed by atoms with Crippen LogP contribution in [0.15, 0.2) is 53.9 Å². The van der Waals surface area contributed by atoms with E-state index in [1.807, 2.05) is 6.07 Å². The van der Waals surface area contributed by atoms with Crippen LogP contribution in [0.5, 0.6) is 0 Å². The number of nitrogens with zero attached hydrogens (tertiary/aromatic N) is 2. The van der Waals surface area contributed by atoms with E-state index in [2.05, 4.69) is 34.2 Å². The Hall–Kier alpha value is -1.39. The van der Waals surface area contributed by atoms with E-state index in [0.717, 1.165) is 11.4 Å². The molecule has 0 bridgehead atoms. The largest absolute Gasteiger partial charge is 0.330 e. The van der Waals surface area contributed by atoms with E-state index in [9.17, 15) is 0 Å². The molecule has 2 aromatic rings. The second-order valence-electron chi connectivity index (χ2n) is 3.64. The first-order chi connectivity index (χ1) is 8.40. The molecule has 1 heterocycles. The Morgan fingerprint density at radius 3 is 2.65 bits per heavy atom. The molecule has 1 atom stereocenters. The van der Waals surface area contributed by atoms with Gasteiger partial charge in [-0.3, -0.25) is 4.98 Å². The lowest BCUT2D eigenvalue weighted by atomic mass is 10.1. The maximum atomic E-state index is 5.67. The van der Waals surface area contributed by atoms with Crippen LogP contribution < -0.4 is 5.73 Å². The smallest absolute Gasteiger partial charge is 0.115 e. The van der Waals surface area contributed by atoms with E-state index < -0.39 is 0 Å². The molecule has 2 N–H and O–H groups in total. The lowest BCUT2D eigenvalue weighted by Gasteiger charge is -2.15. The van der Waals surface area contributed by atoms with Gasteiger partial charge < -0.3 is 5.73 Å². The molecule has 2 rings (SSSR count). The summed E-state index contributed by atoms with van der Waals surface area (Å²) in [6, 6.07) is 10.4. The maximum Gasteiger partial charge on any atom is 0.115 e. The van der Waals surface area contributed by atoms with Gasteiger partial charge in [-0.15, -0.1) is 0 Å². The lowest BCUT2D eigenvalue weighted by Crippen LogP contribution is -2.05. The summed E-state index contributed by atoms with van der Waals surface area (Å²) in [7, 11) is 0. The second kappa shape index (κ2) is 6.37. The highest BCUT2D eigenvalue weighted by molar-refractivity contribution is 7.99. The van der Waals surface area contributed by atoms with Crippen LogP contribution in [0.1, 0.15) is 17.2 Å². The molecule has 1 aromatic heterocycles. The van der Waals surface area contributed by atoms with Crippen molar-refractivity contribution in [2.75, 3.05) is 6.54 Å². The average Bonchev–Trinajstić information content (AvgIpc) is 2.40. The van der Waals surface area contributed by atoms with Crippen molar-refractivity contribution in [2.45, 2.75) is 16.7 Å². The van der Waals surface area contributed by atoms with Crippen LogP contribution in [0.25, 0.3) is 0 Å². The van der Waals surface area contributed by atoms with Gasteiger partial charge in [-0.05, 0) is 18.5 Å². The molecular formula is C13H15N3S.